The van der Waals surface area contributed by atoms with Crippen LogP contribution in [0.3, 0.4) is 0 Å². The number of nitrogens with zero attached hydrogens (tertiary/aromatic N) is 3. The first-order valence-corrected chi connectivity index (χ1v) is 7.00. The van der Waals surface area contributed by atoms with Gasteiger partial charge in [-0.15, -0.1) is 10.2 Å². The number of hydrogen-bond donors (Lipinski definition) is 0. The third-order valence-electron chi connectivity index (χ3n) is 3.04. The molecule has 0 radical (unpaired) electrons. The number of benzene rings is 1. The predicted octanol–water partition coefficient (Wildman–Crippen LogP) is 2.80. The summed E-state index contributed by atoms with van der Waals surface area (Å²) in [6.07, 6.45) is 0. The molecule has 0 fully saturated rings. The second-order valence-corrected chi connectivity index (χ2v) is 5.89. The van der Waals surface area contributed by atoms with E-state index in [1.54, 1.807) is 0 Å². The van der Waals surface area contributed by atoms with Gasteiger partial charge in [-0.1, -0.05) is 41.6 Å². The fourth-order valence-corrected chi connectivity index (χ4v) is 2.59. The minimum Gasteiger partial charge on any atom is -0.309 e. The summed E-state index contributed by atoms with van der Waals surface area (Å²) in [5.74, 6) is 0.961. The Hall–Kier alpha value is -1.62. The van der Waals surface area contributed by atoms with Gasteiger partial charge in [-0.25, -0.2) is 0 Å². The van der Waals surface area contributed by atoms with E-state index >= 15 is 0 Å². The molecule has 0 saturated carbocycles. The number of thioether (sulfide) groups is 1. The molecule has 1 aromatic heterocycles. The fraction of sp³-hybridized carbons (Fsp3) is 0.357. The van der Waals surface area contributed by atoms with Gasteiger partial charge < -0.3 is 4.57 Å². The molecule has 0 unspecified atom stereocenters. The molecular formula is C14H17N3OS. The Morgan fingerprint density at radius 2 is 1.84 bits per heavy atom. The Morgan fingerprint density at radius 1 is 1.21 bits per heavy atom. The van der Waals surface area contributed by atoms with E-state index in [2.05, 4.69) is 10.2 Å². The van der Waals surface area contributed by atoms with Gasteiger partial charge in [-0.2, -0.15) is 0 Å². The van der Waals surface area contributed by atoms with Gasteiger partial charge in [0, 0.05) is 12.6 Å². The molecule has 0 aliphatic carbocycles. The average Bonchev–Trinajstić information content (AvgIpc) is 2.71. The van der Waals surface area contributed by atoms with E-state index in [1.807, 2.05) is 56.7 Å². The quantitative estimate of drug-likeness (QED) is 0.636. The molecule has 0 N–H and O–H groups in total. The first-order valence-electron chi connectivity index (χ1n) is 6.12. The fourth-order valence-electron chi connectivity index (χ4n) is 1.65. The molecule has 2 aromatic rings. The van der Waals surface area contributed by atoms with Gasteiger partial charge in [-0.05, 0) is 20.8 Å². The van der Waals surface area contributed by atoms with E-state index in [0.29, 0.717) is 0 Å². The highest BCUT2D eigenvalue weighted by molar-refractivity contribution is 8.00. The lowest BCUT2D eigenvalue weighted by atomic mass is 10.1. The summed E-state index contributed by atoms with van der Waals surface area (Å²) >= 11 is 1.44. The summed E-state index contributed by atoms with van der Waals surface area (Å²) in [6, 6.07) is 7.65. The van der Waals surface area contributed by atoms with Crippen molar-refractivity contribution in [1.29, 1.82) is 0 Å². The highest BCUT2D eigenvalue weighted by Crippen LogP contribution is 2.24. The van der Waals surface area contributed by atoms with Crippen molar-refractivity contribution in [1.82, 2.24) is 14.8 Å². The number of rotatable bonds is 4. The topological polar surface area (TPSA) is 47.8 Å². The minimum atomic E-state index is -0.176. The van der Waals surface area contributed by atoms with E-state index in [-0.39, 0.29) is 11.0 Å². The van der Waals surface area contributed by atoms with E-state index < -0.39 is 0 Å². The van der Waals surface area contributed by atoms with Crippen molar-refractivity contribution in [3.63, 3.8) is 0 Å². The van der Waals surface area contributed by atoms with E-state index in [9.17, 15) is 4.79 Å². The maximum absolute atomic E-state index is 12.3. The van der Waals surface area contributed by atoms with Gasteiger partial charge in [0.25, 0.3) is 0 Å². The summed E-state index contributed by atoms with van der Waals surface area (Å²) in [6.45, 7) is 5.80. The van der Waals surface area contributed by atoms with Crippen LogP contribution < -0.4 is 0 Å². The Labute approximate surface area is 117 Å². The lowest BCUT2D eigenvalue weighted by Crippen LogP contribution is -2.14. The van der Waals surface area contributed by atoms with Crippen molar-refractivity contribution in [2.75, 3.05) is 0 Å². The molecule has 1 heterocycles. The van der Waals surface area contributed by atoms with Crippen LogP contribution in [-0.4, -0.2) is 25.8 Å². The number of aromatic nitrogens is 3. The van der Waals surface area contributed by atoms with E-state index in [1.165, 1.54) is 11.8 Å². The third kappa shape index (κ3) is 3.04. The van der Waals surface area contributed by atoms with Crippen LogP contribution in [0, 0.1) is 13.8 Å². The van der Waals surface area contributed by atoms with Crippen molar-refractivity contribution in [3.05, 3.63) is 41.2 Å². The molecular weight excluding hydrogens is 258 g/mol. The van der Waals surface area contributed by atoms with Crippen LogP contribution in [0.1, 0.15) is 28.7 Å². The maximum atomic E-state index is 12.3. The first kappa shape index (κ1) is 13.8. The summed E-state index contributed by atoms with van der Waals surface area (Å²) in [5, 5.41) is 8.66. The van der Waals surface area contributed by atoms with Crippen molar-refractivity contribution < 1.29 is 4.79 Å². The predicted molar refractivity (Wildman–Crippen MR) is 76.6 cm³/mol. The SMILES string of the molecule is Cc1ccc(C(=O)[C@@H](C)Sc2nnc(C)n2C)cc1. The smallest absolute Gasteiger partial charge is 0.191 e. The summed E-state index contributed by atoms with van der Waals surface area (Å²) in [4.78, 5) is 12.3. The number of hydrogen-bond acceptors (Lipinski definition) is 4. The van der Waals surface area contributed by atoms with Crippen LogP contribution in [0.15, 0.2) is 29.4 Å². The monoisotopic (exact) mass is 275 g/mol. The molecule has 0 saturated heterocycles. The van der Waals surface area contributed by atoms with E-state index in [0.717, 1.165) is 22.1 Å². The zero-order valence-electron chi connectivity index (χ0n) is 11.5. The van der Waals surface area contributed by atoms with Crippen LogP contribution in [0.4, 0.5) is 0 Å². The normalized spacial score (nSPS) is 12.4. The van der Waals surface area contributed by atoms with Gasteiger partial charge >= 0.3 is 0 Å². The Balaban J connectivity index is 2.11. The van der Waals surface area contributed by atoms with Gasteiger partial charge in [0.2, 0.25) is 0 Å². The Bertz CT molecular complexity index is 589. The van der Waals surface area contributed by atoms with Crippen LogP contribution in [0.2, 0.25) is 0 Å². The number of aryl methyl sites for hydroxylation is 2. The van der Waals surface area contributed by atoms with Crippen LogP contribution in [0.5, 0.6) is 0 Å². The van der Waals surface area contributed by atoms with Gasteiger partial charge in [0.1, 0.15) is 5.82 Å². The second-order valence-electron chi connectivity index (χ2n) is 4.58. The molecule has 19 heavy (non-hydrogen) atoms. The van der Waals surface area contributed by atoms with Crippen LogP contribution >= 0.6 is 11.8 Å². The second kappa shape index (κ2) is 5.57. The van der Waals surface area contributed by atoms with Crippen molar-refractivity contribution >= 4 is 17.5 Å². The molecule has 0 aliphatic heterocycles. The van der Waals surface area contributed by atoms with Crippen molar-refractivity contribution in [2.45, 2.75) is 31.2 Å². The molecule has 5 heteroatoms. The van der Waals surface area contributed by atoms with Crippen LogP contribution in [0.25, 0.3) is 0 Å². The Morgan fingerprint density at radius 3 is 2.37 bits per heavy atom. The summed E-state index contributed by atoms with van der Waals surface area (Å²) in [5.41, 5.74) is 1.89. The van der Waals surface area contributed by atoms with Gasteiger partial charge in [0.15, 0.2) is 10.9 Å². The zero-order valence-corrected chi connectivity index (χ0v) is 12.4. The lowest BCUT2D eigenvalue weighted by molar-refractivity contribution is 0.0994. The third-order valence-corrected chi connectivity index (χ3v) is 4.17. The van der Waals surface area contributed by atoms with Gasteiger partial charge in [0.05, 0.1) is 5.25 Å². The number of Topliss-reactive ketones (excluding diaryl/α,β-unsaturated/α-hetero) is 1. The molecule has 0 amide bonds. The van der Waals surface area contributed by atoms with Crippen molar-refractivity contribution in [2.24, 2.45) is 7.05 Å². The summed E-state index contributed by atoms with van der Waals surface area (Å²) in [7, 11) is 1.90. The highest BCUT2D eigenvalue weighted by Gasteiger charge is 2.19. The first-order chi connectivity index (χ1) is 8.99. The molecule has 2 rings (SSSR count). The maximum Gasteiger partial charge on any atom is 0.191 e. The zero-order chi connectivity index (χ0) is 14.0. The van der Waals surface area contributed by atoms with E-state index in [4.69, 9.17) is 0 Å². The van der Waals surface area contributed by atoms with Crippen molar-refractivity contribution in [3.8, 4) is 0 Å². The Kier molecular flexibility index (Phi) is 4.04. The molecule has 0 bridgehead atoms. The number of ketones is 1. The number of carbonyl (C=O) groups is 1. The molecule has 4 nitrogen and oxygen atoms in total. The minimum absolute atomic E-state index is 0.116. The molecule has 0 spiro atoms. The molecule has 100 valence electrons. The molecule has 0 aliphatic rings. The molecule has 1 aromatic carbocycles. The number of carbonyl (C=O) groups excluding carboxylic acids is 1. The largest absolute Gasteiger partial charge is 0.309 e. The summed E-state index contributed by atoms with van der Waals surface area (Å²) < 4.78 is 1.89. The average molecular weight is 275 g/mol. The molecule has 1 atom stereocenters. The lowest BCUT2D eigenvalue weighted by Gasteiger charge is -2.09. The van der Waals surface area contributed by atoms with Crippen LogP contribution in [-0.2, 0) is 7.05 Å². The standard InChI is InChI=1S/C14H17N3OS/c1-9-5-7-12(8-6-9)13(18)10(2)19-14-16-15-11(3)17(14)4/h5-8,10H,1-4H3/t10-/m1/s1. The van der Waals surface area contributed by atoms with Gasteiger partial charge in [-0.3, -0.25) is 4.79 Å². The highest BCUT2D eigenvalue weighted by atomic mass is 32.2.